The Kier molecular flexibility index (Phi) is 4.13. The van der Waals surface area contributed by atoms with Gasteiger partial charge in [-0.25, -0.2) is 9.97 Å². The lowest BCUT2D eigenvalue weighted by atomic mass is 9.99. The van der Waals surface area contributed by atoms with Gasteiger partial charge in [-0.2, -0.15) is 0 Å². The summed E-state index contributed by atoms with van der Waals surface area (Å²) in [5.41, 5.74) is 4.54. The van der Waals surface area contributed by atoms with Gasteiger partial charge in [0.25, 0.3) is 0 Å². The summed E-state index contributed by atoms with van der Waals surface area (Å²) < 4.78 is 5.42. The molecule has 138 valence electrons. The van der Waals surface area contributed by atoms with Gasteiger partial charge in [-0.1, -0.05) is 18.2 Å². The molecule has 0 bridgehead atoms. The van der Waals surface area contributed by atoms with E-state index in [1.165, 1.54) is 11.1 Å². The third-order valence-electron chi connectivity index (χ3n) is 5.23. The number of hydrogen-bond donors (Lipinski definition) is 0. The molecule has 0 saturated heterocycles. The molecule has 0 saturated carbocycles. The molecule has 0 N–H and O–H groups in total. The molecule has 28 heavy (non-hydrogen) atoms. The fourth-order valence-electron chi connectivity index (χ4n) is 3.77. The number of anilines is 1. The molecule has 3 heterocycles. The molecule has 1 aliphatic rings. The summed E-state index contributed by atoms with van der Waals surface area (Å²) >= 11 is 0. The zero-order valence-corrected chi connectivity index (χ0v) is 15.7. The first kappa shape index (κ1) is 16.7. The summed E-state index contributed by atoms with van der Waals surface area (Å²) in [4.78, 5) is 16.3. The molecule has 1 aliphatic heterocycles. The summed E-state index contributed by atoms with van der Waals surface area (Å²) in [6.45, 7) is 1.73. The Balaban J connectivity index is 1.62. The van der Waals surface area contributed by atoms with E-state index in [1.807, 2.05) is 42.6 Å². The Bertz CT molecular complexity index is 1140. The number of hydrogen-bond acceptors (Lipinski definition) is 5. The monoisotopic (exact) mass is 368 g/mol. The summed E-state index contributed by atoms with van der Waals surface area (Å²) in [5, 5.41) is 1.07. The van der Waals surface area contributed by atoms with Crippen LogP contribution in [-0.2, 0) is 13.0 Å². The van der Waals surface area contributed by atoms with E-state index in [2.05, 4.69) is 28.1 Å². The van der Waals surface area contributed by atoms with E-state index in [-0.39, 0.29) is 0 Å². The van der Waals surface area contributed by atoms with Crippen LogP contribution in [0.25, 0.3) is 22.3 Å². The first-order valence-corrected chi connectivity index (χ1v) is 9.40. The van der Waals surface area contributed by atoms with E-state index in [0.717, 1.165) is 47.5 Å². The van der Waals surface area contributed by atoms with Gasteiger partial charge in [-0.05, 0) is 53.9 Å². The van der Waals surface area contributed by atoms with Crippen LogP contribution in [0.1, 0.15) is 11.1 Å². The highest BCUT2D eigenvalue weighted by Crippen LogP contribution is 2.32. The van der Waals surface area contributed by atoms with Crippen molar-refractivity contribution in [1.29, 1.82) is 0 Å². The Morgan fingerprint density at radius 2 is 1.89 bits per heavy atom. The van der Waals surface area contributed by atoms with E-state index in [9.17, 15) is 0 Å². The SMILES string of the molecule is COc1ccc2c(c1)CN(c1nc(-c3cccnc3)nc3ccccc13)CC2. The molecule has 0 amide bonds. The third-order valence-corrected chi connectivity index (χ3v) is 5.23. The minimum atomic E-state index is 0.707. The second kappa shape index (κ2) is 6.93. The number of methoxy groups -OCH3 is 1. The Morgan fingerprint density at radius 1 is 0.964 bits per heavy atom. The van der Waals surface area contributed by atoms with Crippen molar-refractivity contribution in [2.24, 2.45) is 0 Å². The molecule has 5 heteroatoms. The number of fused-ring (bicyclic) bond motifs is 2. The number of rotatable bonds is 3. The minimum Gasteiger partial charge on any atom is -0.497 e. The van der Waals surface area contributed by atoms with Crippen molar-refractivity contribution in [3.63, 3.8) is 0 Å². The van der Waals surface area contributed by atoms with Gasteiger partial charge in [0.2, 0.25) is 0 Å². The van der Waals surface area contributed by atoms with Gasteiger partial charge >= 0.3 is 0 Å². The van der Waals surface area contributed by atoms with E-state index in [4.69, 9.17) is 14.7 Å². The molecule has 0 spiro atoms. The van der Waals surface area contributed by atoms with Crippen molar-refractivity contribution in [2.45, 2.75) is 13.0 Å². The largest absolute Gasteiger partial charge is 0.497 e. The molecule has 5 nitrogen and oxygen atoms in total. The normalized spacial score (nSPS) is 13.4. The van der Waals surface area contributed by atoms with E-state index in [1.54, 1.807) is 13.3 Å². The quantitative estimate of drug-likeness (QED) is 0.541. The van der Waals surface area contributed by atoms with Gasteiger partial charge in [-0.3, -0.25) is 4.98 Å². The van der Waals surface area contributed by atoms with Gasteiger partial charge in [0.15, 0.2) is 5.82 Å². The highest BCUT2D eigenvalue weighted by molar-refractivity contribution is 5.91. The fourth-order valence-corrected chi connectivity index (χ4v) is 3.77. The van der Waals surface area contributed by atoms with Crippen molar-refractivity contribution in [3.05, 3.63) is 78.1 Å². The van der Waals surface area contributed by atoms with Crippen LogP contribution in [0, 0.1) is 0 Å². The van der Waals surface area contributed by atoms with Gasteiger partial charge in [0.1, 0.15) is 11.6 Å². The predicted octanol–water partition coefficient (Wildman–Crippen LogP) is 4.26. The average molecular weight is 368 g/mol. The summed E-state index contributed by atoms with van der Waals surface area (Å²) in [6, 6.07) is 18.4. The van der Waals surface area contributed by atoms with Crippen LogP contribution in [0.4, 0.5) is 5.82 Å². The molecule has 4 aromatic rings. The molecule has 0 atom stereocenters. The number of para-hydroxylation sites is 1. The zero-order chi connectivity index (χ0) is 18.9. The molecular formula is C23H20N4O. The molecule has 0 aliphatic carbocycles. The van der Waals surface area contributed by atoms with Crippen LogP contribution in [-0.4, -0.2) is 28.6 Å². The van der Waals surface area contributed by atoms with Crippen LogP contribution in [0.15, 0.2) is 67.0 Å². The maximum atomic E-state index is 5.42. The first-order chi connectivity index (χ1) is 13.8. The van der Waals surface area contributed by atoms with E-state index >= 15 is 0 Å². The van der Waals surface area contributed by atoms with E-state index in [0.29, 0.717) is 5.82 Å². The number of nitrogens with zero attached hydrogens (tertiary/aromatic N) is 4. The summed E-state index contributed by atoms with van der Waals surface area (Å²) in [5.74, 6) is 2.57. The Labute approximate surface area is 163 Å². The second-order valence-electron chi connectivity index (χ2n) is 6.94. The van der Waals surface area contributed by atoms with Crippen molar-refractivity contribution in [1.82, 2.24) is 15.0 Å². The van der Waals surface area contributed by atoms with Crippen LogP contribution in [0.3, 0.4) is 0 Å². The van der Waals surface area contributed by atoms with Crippen molar-refractivity contribution >= 4 is 16.7 Å². The van der Waals surface area contributed by atoms with Crippen LogP contribution >= 0.6 is 0 Å². The molecule has 0 unspecified atom stereocenters. The Morgan fingerprint density at radius 3 is 2.75 bits per heavy atom. The third kappa shape index (κ3) is 2.95. The van der Waals surface area contributed by atoms with Crippen molar-refractivity contribution < 1.29 is 4.74 Å². The number of pyridine rings is 1. The highest BCUT2D eigenvalue weighted by atomic mass is 16.5. The fraction of sp³-hybridized carbons (Fsp3) is 0.174. The number of benzene rings is 2. The summed E-state index contributed by atoms with van der Waals surface area (Å²) in [6.07, 6.45) is 4.56. The maximum absolute atomic E-state index is 5.42. The van der Waals surface area contributed by atoms with Gasteiger partial charge < -0.3 is 9.64 Å². The standard InChI is InChI=1S/C23H20N4O/c1-28-19-9-8-16-10-12-27(15-18(16)13-19)23-20-6-2-3-7-21(20)25-22(26-23)17-5-4-11-24-14-17/h2-9,11,13-14H,10,12,15H2,1H3. The maximum Gasteiger partial charge on any atom is 0.163 e. The second-order valence-corrected chi connectivity index (χ2v) is 6.94. The van der Waals surface area contributed by atoms with Gasteiger partial charge in [0.05, 0.1) is 12.6 Å². The highest BCUT2D eigenvalue weighted by Gasteiger charge is 2.21. The van der Waals surface area contributed by atoms with Gasteiger partial charge in [0, 0.05) is 36.4 Å². The van der Waals surface area contributed by atoms with Crippen LogP contribution < -0.4 is 9.64 Å². The van der Waals surface area contributed by atoms with Crippen molar-refractivity contribution in [2.75, 3.05) is 18.6 Å². The lowest BCUT2D eigenvalue weighted by molar-refractivity contribution is 0.413. The van der Waals surface area contributed by atoms with Gasteiger partial charge in [-0.15, -0.1) is 0 Å². The van der Waals surface area contributed by atoms with E-state index < -0.39 is 0 Å². The zero-order valence-electron chi connectivity index (χ0n) is 15.7. The molecule has 2 aromatic heterocycles. The minimum absolute atomic E-state index is 0.707. The van der Waals surface area contributed by atoms with Crippen LogP contribution in [0.5, 0.6) is 5.75 Å². The molecule has 0 radical (unpaired) electrons. The molecule has 0 fully saturated rings. The predicted molar refractivity (Wildman–Crippen MR) is 111 cm³/mol. The summed E-state index contributed by atoms with van der Waals surface area (Å²) in [7, 11) is 1.71. The first-order valence-electron chi connectivity index (χ1n) is 9.40. The van der Waals surface area contributed by atoms with Crippen LogP contribution in [0.2, 0.25) is 0 Å². The molecule has 2 aromatic carbocycles. The van der Waals surface area contributed by atoms with Crippen molar-refractivity contribution in [3.8, 4) is 17.1 Å². The Hall–Kier alpha value is -3.47. The molecular weight excluding hydrogens is 348 g/mol. The number of aromatic nitrogens is 3. The number of ether oxygens (including phenoxy) is 1. The topological polar surface area (TPSA) is 51.1 Å². The lowest BCUT2D eigenvalue weighted by Gasteiger charge is -2.31. The molecule has 5 rings (SSSR count). The average Bonchev–Trinajstić information content (AvgIpc) is 2.78. The lowest BCUT2D eigenvalue weighted by Crippen LogP contribution is -2.31. The smallest absolute Gasteiger partial charge is 0.163 e.